The van der Waals surface area contributed by atoms with Crippen LogP contribution in [0.25, 0.3) is 10.9 Å². The summed E-state index contributed by atoms with van der Waals surface area (Å²) in [4.78, 5) is 23.7. The molecule has 7 rings (SSSR count). The number of benzene rings is 2. The van der Waals surface area contributed by atoms with Crippen LogP contribution in [-0.2, 0) is 16.4 Å². The molecule has 0 unspecified atom stereocenters. The summed E-state index contributed by atoms with van der Waals surface area (Å²) in [5, 5.41) is 3.44. The van der Waals surface area contributed by atoms with Gasteiger partial charge in [0.25, 0.3) is 5.91 Å². The molecule has 2 aromatic carbocycles. The average molecular weight is 607 g/mol. The molecule has 0 bridgehead atoms. The third-order valence-electron chi connectivity index (χ3n) is 8.21. The lowest BCUT2D eigenvalue weighted by molar-refractivity contribution is 0.0949. The lowest BCUT2D eigenvalue weighted by Crippen LogP contribution is -2.29. The minimum Gasteiger partial charge on any atom is -0.490 e. The zero-order valence-corrected chi connectivity index (χ0v) is 24.0. The molecule has 1 fully saturated rings. The van der Waals surface area contributed by atoms with Crippen LogP contribution in [0.4, 0.5) is 20.3 Å². The van der Waals surface area contributed by atoms with Crippen LogP contribution in [-0.4, -0.2) is 49.6 Å². The Morgan fingerprint density at radius 2 is 1.95 bits per heavy atom. The monoisotopic (exact) mass is 606 g/mol. The summed E-state index contributed by atoms with van der Waals surface area (Å²) in [6.07, 6.45) is 2.41. The number of nitrogens with one attached hydrogen (secondary N) is 1. The number of carbonyl (C=O) groups is 1. The Morgan fingerprint density at radius 3 is 2.77 bits per heavy atom. The van der Waals surface area contributed by atoms with Gasteiger partial charge in [-0.25, -0.2) is 22.2 Å². The van der Waals surface area contributed by atoms with E-state index >= 15 is 0 Å². The van der Waals surface area contributed by atoms with E-state index in [0.717, 1.165) is 34.8 Å². The molecule has 1 amide bonds. The molecule has 222 valence electrons. The number of hydrogen-bond acceptors (Lipinski definition) is 8. The van der Waals surface area contributed by atoms with Gasteiger partial charge in [0, 0.05) is 23.6 Å². The smallest absolute Gasteiger partial charge is 0.251 e. The molecule has 1 aliphatic carbocycles. The van der Waals surface area contributed by atoms with Crippen molar-refractivity contribution in [1.29, 1.82) is 0 Å². The summed E-state index contributed by atoms with van der Waals surface area (Å²) < 4.78 is 65.1. The van der Waals surface area contributed by atoms with Crippen LogP contribution in [0.3, 0.4) is 0 Å². The number of aromatic nitrogens is 2. The van der Waals surface area contributed by atoms with E-state index in [1.807, 2.05) is 18.2 Å². The number of ether oxygens (including phenoxy) is 2. The van der Waals surface area contributed by atoms with Crippen LogP contribution < -0.4 is 19.7 Å². The Bertz CT molecular complexity index is 1890. The number of hydrogen-bond donors (Lipinski definition) is 1. The van der Waals surface area contributed by atoms with Gasteiger partial charge in [-0.3, -0.25) is 9.78 Å². The van der Waals surface area contributed by atoms with E-state index in [1.54, 1.807) is 12.3 Å². The summed E-state index contributed by atoms with van der Waals surface area (Å²) >= 11 is 0. The van der Waals surface area contributed by atoms with Crippen LogP contribution in [0.2, 0.25) is 0 Å². The molecule has 3 atom stereocenters. The molecule has 0 saturated heterocycles. The number of pyridine rings is 2. The molecule has 2 aromatic heterocycles. The van der Waals surface area contributed by atoms with Gasteiger partial charge < -0.3 is 19.7 Å². The largest absolute Gasteiger partial charge is 0.490 e. The van der Waals surface area contributed by atoms with Gasteiger partial charge in [0.15, 0.2) is 11.6 Å². The second-order valence-electron chi connectivity index (χ2n) is 11.1. The Hall–Kier alpha value is -4.32. The predicted octanol–water partition coefficient (Wildman–Crippen LogP) is 5.20. The van der Waals surface area contributed by atoms with Crippen molar-refractivity contribution in [2.45, 2.75) is 42.6 Å². The van der Waals surface area contributed by atoms with E-state index in [-0.39, 0.29) is 18.7 Å². The maximum absolute atomic E-state index is 14.7. The third kappa shape index (κ3) is 5.03. The summed E-state index contributed by atoms with van der Waals surface area (Å²) in [5.41, 5.74) is 0.924. The average Bonchev–Trinajstić information content (AvgIpc) is 3.76. The molecule has 2 aliphatic heterocycles. The number of rotatable bonds is 5. The van der Waals surface area contributed by atoms with Crippen molar-refractivity contribution >= 4 is 38.2 Å². The Kier molecular flexibility index (Phi) is 6.68. The quantitative estimate of drug-likeness (QED) is 0.330. The minimum absolute atomic E-state index is 0.0301. The number of halogens is 2. The van der Waals surface area contributed by atoms with Crippen molar-refractivity contribution in [2.24, 2.45) is 5.92 Å². The van der Waals surface area contributed by atoms with E-state index in [2.05, 4.69) is 34.3 Å². The summed E-state index contributed by atoms with van der Waals surface area (Å²) in [5.74, 6) is 0.462. The SMILES string of the molecule is C[C@@H]1C[C@H]1c1ccc2c(c1)N(c1ccc3cnc(CNC(=O)c4cc(F)c5c(c4)S(=O)(=O)[C@@H](F)CCO5)cc3n1)CCO2. The molecular weight excluding hydrogens is 578 g/mol. The zero-order valence-electron chi connectivity index (χ0n) is 23.2. The molecule has 1 saturated carbocycles. The van der Waals surface area contributed by atoms with Crippen molar-refractivity contribution in [3.63, 3.8) is 0 Å². The number of sulfone groups is 1. The number of carbonyl (C=O) groups excluding carboxylic acids is 1. The van der Waals surface area contributed by atoms with Gasteiger partial charge >= 0.3 is 0 Å². The van der Waals surface area contributed by atoms with Crippen molar-refractivity contribution < 1.29 is 31.5 Å². The van der Waals surface area contributed by atoms with Crippen LogP contribution in [0.1, 0.15) is 47.3 Å². The molecular formula is C31H28F2N4O5S. The topological polar surface area (TPSA) is 111 Å². The molecule has 1 N–H and O–H groups in total. The number of fused-ring (bicyclic) bond motifs is 3. The van der Waals surface area contributed by atoms with E-state index in [4.69, 9.17) is 14.5 Å². The highest BCUT2D eigenvalue weighted by atomic mass is 32.2. The van der Waals surface area contributed by atoms with E-state index in [0.29, 0.717) is 36.2 Å². The Morgan fingerprint density at radius 1 is 1.12 bits per heavy atom. The van der Waals surface area contributed by atoms with Crippen molar-refractivity contribution in [1.82, 2.24) is 15.3 Å². The minimum atomic E-state index is -4.51. The maximum atomic E-state index is 14.7. The Labute approximate surface area is 246 Å². The summed E-state index contributed by atoms with van der Waals surface area (Å²) in [7, 11) is -4.51. The molecule has 4 heterocycles. The number of amides is 1. The molecule has 0 radical (unpaired) electrons. The molecule has 3 aliphatic rings. The maximum Gasteiger partial charge on any atom is 0.251 e. The van der Waals surface area contributed by atoms with E-state index < -0.39 is 44.1 Å². The van der Waals surface area contributed by atoms with Crippen LogP contribution in [0.5, 0.6) is 11.5 Å². The first-order valence-corrected chi connectivity index (χ1v) is 15.7. The fourth-order valence-corrected chi connectivity index (χ4v) is 7.04. The lowest BCUT2D eigenvalue weighted by atomic mass is 10.1. The first kappa shape index (κ1) is 27.5. The molecule has 0 spiro atoms. The first-order valence-electron chi connectivity index (χ1n) is 14.1. The van der Waals surface area contributed by atoms with Gasteiger partial charge in [-0.15, -0.1) is 0 Å². The van der Waals surface area contributed by atoms with Crippen LogP contribution in [0, 0.1) is 11.7 Å². The molecule has 9 nitrogen and oxygen atoms in total. The second-order valence-corrected chi connectivity index (χ2v) is 13.2. The van der Waals surface area contributed by atoms with Crippen molar-refractivity contribution in [2.75, 3.05) is 24.7 Å². The number of nitrogens with zero attached hydrogens (tertiary/aromatic N) is 3. The second kappa shape index (κ2) is 10.4. The fraction of sp³-hybridized carbons (Fsp3) is 0.323. The fourth-order valence-electron chi connectivity index (χ4n) is 5.65. The third-order valence-corrected chi connectivity index (χ3v) is 10.0. The Balaban J connectivity index is 1.12. The first-order chi connectivity index (χ1) is 20.7. The number of alkyl halides is 1. The van der Waals surface area contributed by atoms with E-state index in [9.17, 15) is 22.0 Å². The van der Waals surface area contributed by atoms with Gasteiger partial charge in [0.1, 0.15) is 23.1 Å². The summed E-state index contributed by atoms with van der Waals surface area (Å²) in [6.45, 7) is 3.10. The predicted molar refractivity (Wildman–Crippen MR) is 155 cm³/mol. The molecule has 43 heavy (non-hydrogen) atoms. The standard InChI is InChI=1S/C31H28F2N4O5S/c1-17-10-22(17)18-2-4-26-25(12-18)37(7-9-41-26)29-5-3-19-15-34-21(14-24(19)36-29)16-35-31(38)20-11-23(32)30-27(13-20)43(39,40)28(33)6-8-42-30/h2-5,11-15,17,22,28H,6-10,16H2,1H3,(H,35,38)/t17-,22-,28-/m1/s1. The van der Waals surface area contributed by atoms with Crippen LogP contribution >= 0.6 is 0 Å². The zero-order chi connectivity index (χ0) is 29.9. The van der Waals surface area contributed by atoms with Gasteiger partial charge in [-0.1, -0.05) is 13.0 Å². The van der Waals surface area contributed by atoms with Gasteiger partial charge in [0.2, 0.25) is 15.3 Å². The van der Waals surface area contributed by atoms with Gasteiger partial charge in [-0.05, 0) is 66.3 Å². The van der Waals surface area contributed by atoms with E-state index in [1.165, 1.54) is 12.0 Å². The highest BCUT2D eigenvalue weighted by molar-refractivity contribution is 7.92. The van der Waals surface area contributed by atoms with Crippen molar-refractivity contribution in [3.05, 3.63) is 77.4 Å². The molecule has 12 heteroatoms. The lowest BCUT2D eigenvalue weighted by Gasteiger charge is -2.31. The normalized spacial score (nSPS) is 22.0. The van der Waals surface area contributed by atoms with Crippen molar-refractivity contribution in [3.8, 4) is 11.5 Å². The van der Waals surface area contributed by atoms with Crippen LogP contribution in [0.15, 0.2) is 59.6 Å². The summed E-state index contributed by atoms with van der Waals surface area (Å²) in [6, 6.07) is 13.8. The number of anilines is 2. The highest BCUT2D eigenvalue weighted by Crippen LogP contribution is 2.49. The van der Waals surface area contributed by atoms with Gasteiger partial charge in [0.05, 0.1) is 36.6 Å². The van der Waals surface area contributed by atoms with Gasteiger partial charge in [-0.2, -0.15) is 0 Å². The molecule has 4 aromatic rings. The highest BCUT2D eigenvalue weighted by Gasteiger charge is 2.36.